The summed E-state index contributed by atoms with van der Waals surface area (Å²) in [6.45, 7) is 3.33. The quantitative estimate of drug-likeness (QED) is 0.320. The molecule has 0 atom stereocenters. The second-order valence-electron chi connectivity index (χ2n) is 5.64. The minimum atomic E-state index is 0. The van der Waals surface area contributed by atoms with Crippen LogP contribution in [0.2, 0.25) is 0 Å². The number of halogens is 2. The summed E-state index contributed by atoms with van der Waals surface area (Å²) >= 11 is 3.46. The first kappa shape index (κ1) is 22.6. The fourth-order valence-corrected chi connectivity index (χ4v) is 2.91. The number of nitrogens with two attached hydrogens (primary N) is 1. The maximum Gasteiger partial charge on any atom is 0.188 e. The molecule has 0 unspecified atom stereocenters. The Balaban J connectivity index is 0.00000338. The van der Waals surface area contributed by atoms with Crippen molar-refractivity contribution < 1.29 is 9.47 Å². The molecule has 0 saturated heterocycles. The highest BCUT2D eigenvalue weighted by atomic mass is 127. The fourth-order valence-electron chi connectivity index (χ4n) is 2.43. The number of ether oxygens (including phenoxy) is 2. The maximum absolute atomic E-state index is 5.95. The van der Waals surface area contributed by atoms with Gasteiger partial charge in [0.05, 0.1) is 20.8 Å². The van der Waals surface area contributed by atoms with Gasteiger partial charge in [0.2, 0.25) is 0 Å². The Labute approximate surface area is 180 Å². The van der Waals surface area contributed by atoms with E-state index in [0.717, 1.165) is 33.5 Å². The van der Waals surface area contributed by atoms with Gasteiger partial charge in [-0.15, -0.1) is 24.0 Å². The summed E-state index contributed by atoms with van der Waals surface area (Å²) in [6.07, 6.45) is 0.813. The van der Waals surface area contributed by atoms with Gasteiger partial charge in [-0.1, -0.05) is 28.1 Å². The molecule has 0 radical (unpaired) electrons. The van der Waals surface area contributed by atoms with E-state index in [1.165, 1.54) is 5.56 Å². The van der Waals surface area contributed by atoms with Crippen molar-refractivity contribution in [1.29, 1.82) is 0 Å². The number of rotatable bonds is 7. The SMILES string of the molecule is COc1ccc(CCNC(N)=NCc2ccc(Br)cc2C)cc1OC.I. The monoisotopic (exact) mass is 533 g/mol. The average Bonchev–Trinajstić information content (AvgIpc) is 2.60. The molecule has 26 heavy (non-hydrogen) atoms. The summed E-state index contributed by atoms with van der Waals surface area (Å²) in [4.78, 5) is 4.40. The molecule has 2 aromatic carbocycles. The van der Waals surface area contributed by atoms with Crippen LogP contribution in [0.15, 0.2) is 45.9 Å². The van der Waals surface area contributed by atoms with E-state index in [2.05, 4.69) is 45.3 Å². The molecule has 0 saturated carbocycles. The van der Waals surface area contributed by atoms with E-state index < -0.39 is 0 Å². The Bertz CT molecular complexity index is 754. The fraction of sp³-hybridized carbons (Fsp3) is 0.316. The number of nitrogens with one attached hydrogen (secondary N) is 1. The lowest BCUT2D eigenvalue weighted by molar-refractivity contribution is 0.354. The van der Waals surface area contributed by atoms with Crippen molar-refractivity contribution in [1.82, 2.24) is 5.32 Å². The van der Waals surface area contributed by atoms with Gasteiger partial charge in [0.15, 0.2) is 17.5 Å². The van der Waals surface area contributed by atoms with Gasteiger partial charge in [0.1, 0.15) is 0 Å². The zero-order chi connectivity index (χ0) is 18.2. The van der Waals surface area contributed by atoms with Crippen molar-refractivity contribution in [2.24, 2.45) is 10.7 Å². The molecule has 2 aromatic rings. The maximum atomic E-state index is 5.95. The average molecular weight is 534 g/mol. The highest BCUT2D eigenvalue weighted by molar-refractivity contribution is 14.0. The standard InChI is InChI=1S/C19H24BrN3O2.HI/c1-13-10-16(20)6-5-15(13)12-23-19(21)22-9-8-14-4-7-17(24-2)18(11-14)25-3;/h4-7,10-11H,8-9,12H2,1-3H3,(H3,21,22,23);1H. The van der Waals surface area contributed by atoms with E-state index in [9.17, 15) is 0 Å². The number of hydrogen-bond donors (Lipinski definition) is 2. The van der Waals surface area contributed by atoms with Crippen LogP contribution >= 0.6 is 39.9 Å². The molecule has 0 amide bonds. The van der Waals surface area contributed by atoms with Crippen molar-refractivity contribution in [2.75, 3.05) is 20.8 Å². The molecule has 5 nitrogen and oxygen atoms in total. The Morgan fingerprint density at radius 1 is 1.12 bits per heavy atom. The Hall–Kier alpha value is -1.48. The van der Waals surface area contributed by atoms with Crippen molar-refractivity contribution in [3.05, 3.63) is 57.6 Å². The van der Waals surface area contributed by atoms with E-state index in [-0.39, 0.29) is 24.0 Å². The van der Waals surface area contributed by atoms with Gasteiger partial charge in [0.25, 0.3) is 0 Å². The van der Waals surface area contributed by atoms with Crippen LogP contribution < -0.4 is 20.5 Å². The lowest BCUT2D eigenvalue weighted by Crippen LogP contribution is -2.33. The van der Waals surface area contributed by atoms with Crippen molar-refractivity contribution >= 4 is 45.9 Å². The summed E-state index contributed by atoms with van der Waals surface area (Å²) in [6, 6.07) is 12.0. The van der Waals surface area contributed by atoms with Gasteiger partial charge in [-0.05, 0) is 54.3 Å². The molecule has 0 aliphatic rings. The molecule has 0 aliphatic heterocycles. The molecule has 142 valence electrons. The predicted octanol–water partition coefficient (Wildman–Crippen LogP) is 4.04. The normalized spacial score (nSPS) is 10.8. The van der Waals surface area contributed by atoms with Gasteiger partial charge in [0, 0.05) is 11.0 Å². The number of nitrogens with zero attached hydrogens (tertiary/aromatic N) is 1. The molecule has 2 rings (SSSR count). The van der Waals surface area contributed by atoms with E-state index in [4.69, 9.17) is 15.2 Å². The van der Waals surface area contributed by atoms with E-state index >= 15 is 0 Å². The first-order valence-electron chi connectivity index (χ1n) is 8.03. The van der Waals surface area contributed by atoms with Crippen LogP contribution in [0, 0.1) is 6.92 Å². The Morgan fingerprint density at radius 3 is 2.50 bits per heavy atom. The zero-order valence-electron chi connectivity index (χ0n) is 15.2. The topological polar surface area (TPSA) is 68.9 Å². The molecule has 0 heterocycles. The molecule has 0 spiro atoms. The van der Waals surface area contributed by atoms with Crippen LogP contribution in [0.4, 0.5) is 0 Å². The number of methoxy groups -OCH3 is 2. The third-order valence-corrected chi connectivity index (χ3v) is 4.39. The summed E-state index contributed by atoms with van der Waals surface area (Å²) < 4.78 is 11.6. The van der Waals surface area contributed by atoms with Gasteiger partial charge in [-0.25, -0.2) is 4.99 Å². The van der Waals surface area contributed by atoms with Gasteiger partial charge in [-0.3, -0.25) is 0 Å². The Morgan fingerprint density at radius 2 is 1.85 bits per heavy atom. The molecule has 0 aliphatic carbocycles. The van der Waals surface area contributed by atoms with E-state index in [1.807, 2.05) is 24.3 Å². The molecule has 0 aromatic heterocycles. The van der Waals surface area contributed by atoms with Crippen molar-refractivity contribution in [2.45, 2.75) is 19.9 Å². The molecule has 0 fully saturated rings. The van der Waals surface area contributed by atoms with E-state index in [1.54, 1.807) is 14.2 Å². The summed E-state index contributed by atoms with van der Waals surface area (Å²) in [5, 5.41) is 3.14. The summed E-state index contributed by atoms with van der Waals surface area (Å²) in [5.41, 5.74) is 9.44. The highest BCUT2D eigenvalue weighted by Crippen LogP contribution is 2.27. The van der Waals surface area contributed by atoms with E-state index in [0.29, 0.717) is 19.0 Å². The molecule has 3 N–H and O–H groups in total. The molecule has 7 heteroatoms. The zero-order valence-corrected chi connectivity index (χ0v) is 19.1. The van der Waals surface area contributed by atoms with Crippen LogP contribution in [0.25, 0.3) is 0 Å². The lowest BCUT2D eigenvalue weighted by atomic mass is 10.1. The number of benzene rings is 2. The van der Waals surface area contributed by atoms with Gasteiger partial charge >= 0.3 is 0 Å². The van der Waals surface area contributed by atoms with Gasteiger partial charge in [-0.2, -0.15) is 0 Å². The van der Waals surface area contributed by atoms with Crippen LogP contribution in [0.3, 0.4) is 0 Å². The third kappa shape index (κ3) is 6.68. The minimum Gasteiger partial charge on any atom is -0.493 e. The second kappa shape index (κ2) is 11.3. The van der Waals surface area contributed by atoms with Crippen LogP contribution in [0.1, 0.15) is 16.7 Å². The van der Waals surface area contributed by atoms with Crippen LogP contribution in [-0.4, -0.2) is 26.7 Å². The predicted molar refractivity (Wildman–Crippen MR) is 121 cm³/mol. The molecular formula is C19H25BrIN3O2. The first-order chi connectivity index (χ1) is 12.0. The summed E-state index contributed by atoms with van der Waals surface area (Å²) in [7, 11) is 3.26. The van der Waals surface area contributed by atoms with Crippen molar-refractivity contribution in [3.8, 4) is 11.5 Å². The minimum absolute atomic E-state index is 0. The first-order valence-corrected chi connectivity index (χ1v) is 8.82. The number of aryl methyl sites for hydroxylation is 1. The molecular weight excluding hydrogens is 509 g/mol. The third-order valence-electron chi connectivity index (χ3n) is 3.89. The number of aliphatic imine (C=N–C) groups is 1. The Kier molecular flexibility index (Phi) is 9.79. The van der Waals surface area contributed by atoms with Crippen LogP contribution in [0.5, 0.6) is 11.5 Å². The lowest BCUT2D eigenvalue weighted by Gasteiger charge is -2.10. The number of hydrogen-bond acceptors (Lipinski definition) is 3. The second-order valence-corrected chi connectivity index (χ2v) is 6.55. The largest absolute Gasteiger partial charge is 0.493 e. The highest BCUT2D eigenvalue weighted by Gasteiger charge is 2.04. The smallest absolute Gasteiger partial charge is 0.188 e. The summed E-state index contributed by atoms with van der Waals surface area (Å²) in [5.74, 6) is 1.90. The number of guanidine groups is 1. The van der Waals surface area contributed by atoms with Gasteiger partial charge < -0.3 is 20.5 Å². The van der Waals surface area contributed by atoms with Crippen molar-refractivity contribution in [3.63, 3.8) is 0 Å². The van der Waals surface area contributed by atoms with Crippen LogP contribution in [-0.2, 0) is 13.0 Å². The molecule has 0 bridgehead atoms.